The number of benzene rings is 2. The molecule has 2 heterocycles. The highest BCUT2D eigenvalue weighted by molar-refractivity contribution is 7.22. The third kappa shape index (κ3) is 3.62. The molecular weight excluding hydrogens is 355 g/mol. The molecule has 0 N–H and O–H groups in total. The van der Waals surface area contributed by atoms with Crippen LogP contribution >= 0.6 is 11.3 Å². The van der Waals surface area contributed by atoms with Crippen LogP contribution in [0.25, 0.3) is 10.2 Å². The molecule has 0 saturated carbocycles. The number of carbonyl (C=O) groups is 1. The van der Waals surface area contributed by atoms with Gasteiger partial charge in [0.15, 0.2) is 11.7 Å². The maximum absolute atomic E-state index is 13.3. The molecular formula is C19H17FN2O3S. The number of aryl methyl sites for hydroxylation is 1. The summed E-state index contributed by atoms with van der Waals surface area (Å²) >= 11 is 1.43. The fraction of sp³-hybridized carbons (Fsp3) is 0.263. The van der Waals surface area contributed by atoms with Gasteiger partial charge in [0.2, 0.25) is 0 Å². The van der Waals surface area contributed by atoms with Gasteiger partial charge in [-0.2, -0.15) is 0 Å². The van der Waals surface area contributed by atoms with Gasteiger partial charge in [-0.3, -0.25) is 0 Å². The monoisotopic (exact) mass is 372 g/mol. The summed E-state index contributed by atoms with van der Waals surface area (Å²) in [7, 11) is 0. The van der Waals surface area contributed by atoms with E-state index in [9.17, 15) is 9.18 Å². The first-order chi connectivity index (χ1) is 12.6. The van der Waals surface area contributed by atoms with Crippen LogP contribution in [0.5, 0.6) is 5.75 Å². The summed E-state index contributed by atoms with van der Waals surface area (Å²) in [5.41, 5.74) is 1.85. The average molecular weight is 372 g/mol. The Morgan fingerprint density at radius 1 is 1.31 bits per heavy atom. The molecule has 0 atom stereocenters. The molecule has 1 aliphatic heterocycles. The van der Waals surface area contributed by atoms with Crippen LogP contribution in [0.15, 0.2) is 42.5 Å². The van der Waals surface area contributed by atoms with Crippen molar-refractivity contribution in [1.82, 2.24) is 4.98 Å². The van der Waals surface area contributed by atoms with Gasteiger partial charge in [-0.25, -0.2) is 14.2 Å². The number of carbonyl (C=O) groups excluding carboxylic acids is 1. The highest BCUT2D eigenvalue weighted by Crippen LogP contribution is 2.32. The molecule has 1 saturated heterocycles. The lowest BCUT2D eigenvalue weighted by atomic mass is 10.2. The number of aromatic nitrogens is 1. The van der Waals surface area contributed by atoms with E-state index in [1.807, 2.05) is 30.0 Å². The molecule has 4 rings (SSSR count). The molecule has 1 aliphatic rings. The molecule has 0 aliphatic carbocycles. The molecule has 2 aromatic carbocycles. The number of ether oxygens (including phenoxy) is 2. The van der Waals surface area contributed by atoms with E-state index >= 15 is 0 Å². The Morgan fingerprint density at radius 3 is 2.96 bits per heavy atom. The van der Waals surface area contributed by atoms with Gasteiger partial charge in [-0.05, 0) is 42.8 Å². The summed E-state index contributed by atoms with van der Waals surface area (Å²) in [5, 5.41) is 0.814. The summed E-state index contributed by atoms with van der Waals surface area (Å²) in [5.74, 6) is -0.00172. The van der Waals surface area contributed by atoms with Crippen LogP contribution in [0.4, 0.5) is 9.52 Å². The third-order valence-corrected chi connectivity index (χ3v) is 5.18. The largest absolute Gasteiger partial charge is 0.482 e. The molecule has 3 aromatic rings. The number of esters is 1. The van der Waals surface area contributed by atoms with Crippen molar-refractivity contribution in [3.8, 4) is 5.75 Å². The van der Waals surface area contributed by atoms with E-state index in [1.54, 1.807) is 12.1 Å². The SMILES string of the molecule is Cc1cccc(OCC(=O)OC2CN(c3nc4ccc(F)cc4s3)C2)c1. The van der Waals surface area contributed by atoms with Gasteiger partial charge in [0.25, 0.3) is 0 Å². The van der Waals surface area contributed by atoms with Crippen LogP contribution in [0.1, 0.15) is 5.56 Å². The Bertz CT molecular complexity index is 953. The first kappa shape index (κ1) is 16.8. The van der Waals surface area contributed by atoms with Crippen molar-refractivity contribution < 1.29 is 18.7 Å². The predicted octanol–water partition coefficient (Wildman–Crippen LogP) is 3.55. The van der Waals surface area contributed by atoms with Crippen LogP contribution in [0, 0.1) is 12.7 Å². The second-order valence-corrected chi connectivity index (χ2v) is 7.24. The smallest absolute Gasteiger partial charge is 0.344 e. The van der Waals surface area contributed by atoms with Crippen molar-refractivity contribution in [2.24, 2.45) is 0 Å². The zero-order valence-corrected chi connectivity index (χ0v) is 15.0. The number of thiazole rings is 1. The highest BCUT2D eigenvalue weighted by atomic mass is 32.1. The molecule has 5 nitrogen and oxygen atoms in total. The van der Waals surface area contributed by atoms with E-state index in [-0.39, 0.29) is 24.5 Å². The molecule has 7 heteroatoms. The number of hydrogen-bond donors (Lipinski definition) is 0. The first-order valence-corrected chi connectivity index (χ1v) is 9.08. The number of hydrogen-bond acceptors (Lipinski definition) is 6. The molecule has 0 bridgehead atoms. The summed E-state index contributed by atoms with van der Waals surface area (Å²) in [4.78, 5) is 18.4. The normalized spacial score (nSPS) is 14.3. The maximum atomic E-state index is 13.3. The van der Waals surface area contributed by atoms with Crippen molar-refractivity contribution in [2.75, 3.05) is 24.6 Å². The van der Waals surface area contributed by atoms with Crippen LogP contribution in [0.3, 0.4) is 0 Å². The van der Waals surface area contributed by atoms with E-state index in [4.69, 9.17) is 9.47 Å². The van der Waals surface area contributed by atoms with Crippen LogP contribution in [-0.2, 0) is 9.53 Å². The Morgan fingerprint density at radius 2 is 2.15 bits per heavy atom. The van der Waals surface area contributed by atoms with Crippen molar-refractivity contribution in [3.63, 3.8) is 0 Å². The topological polar surface area (TPSA) is 51.7 Å². The summed E-state index contributed by atoms with van der Waals surface area (Å²) in [6.45, 7) is 3.02. The standard InChI is InChI=1S/C19H17FN2O3S/c1-12-3-2-4-14(7-12)24-11-18(23)25-15-9-22(10-15)19-21-16-6-5-13(20)8-17(16)26-19/h2-8,15H,9-11H2,1H3. The van der Waals surface area contributed by atoms with Gasteiger partial charge in [0.05, 0.1) is 23.3 Å². The summed E-state index contributed by atoms with van der Waals surface area (Å²) in [6, 6.07) is 12.1. The van der Waals surface area contributed by atoms with Gasteiger partial charge in [-0.15, -0.1) is 0 Å². The molecule has 0 amide bonds. The number of nitrogens with zero attached hydrogens (tertiary/aromatic N) is 2. The molecule has 0 spiro atoms. The highest BCUT2D eigenvalue weighted by Gasteiger charge is 2.32. The average Bonchev–Trinajstić information content (AvgIpc) is 2.98. The minimum atomic E-state index is -0.387. The van der Waals surface area contributed by atoms with E-state index < -0.39 is 0 Å². The van der Waals surface area contributed by atoms with E-state index in [1.165, 1.54) is 23.5 Å². The number of fused-ring (bicyclic) bond motifs is 1. The predicted molar refractivity (Wildman–Crippen MR) is 98.3 cm³/mol. The first-order valence-electron chi connectivity index (χ1n) is 8.27. The molecule has 1 aromatic heterocycles. The molecule has 26 heavy (non-hydrogen) atoms. The Hall–Kier alpha value is -2.67. The number of rotatable bonds is 5. The minimum absolute atomic E-state index is 0.111. The van der Waals surface area contributed by atoms with Crippen LogP contribution < -0.4 is 9.64 Å². The second kappa shape index (κ2) is 6.92. The van der Waals surface area contributed by atoms with E-state index in [2.05, 4.69) is 4.98 Å². The van der Waals surface area contributed by atoms with Gasteiger partial charge >= 0.3 is 5.97 Å². The van der Waals surface area contributed by atoms with Gasteiger partial charge < -0.3 is 14.4 Å². The van der Waals surface area contributed by atoms with Crippen molar-refractivity contribution in [3.05, 3.63) is 53.8 Å². The zero-order valence-electron chi connectivity index (χ0n) is 14.1. The second-order valence-electron chi connectivity index (χ2n) is 6.23. The summed E-state index contributed by atoms with van der Waals surface area (Å²) < 4.78 is 24.9. The van der Waals surface area contributed by atoms with Crippen molar-refractivity contribution in [2.45, 2.75) is 13.0 Å². The van der Waals surface area contributed by atoms with Crippen LogP contribution in [0.2, 0.25) is 0 Å². The lowest BCUT2D eigenvalue weighted by molar-refractivity contribution is -0.152. The fourth-order valence-corrected chi connectivity index (χ4v) is 3.77. The molecule has 134 valence electrons. The van der Waals surface area contributed by atoms with Crippen molar-refractivity contribution >= 4 is 32.7 Å². The number of halogens is 1. The van der Waals surface area contributed by atoms with Gasteiger partial charge in [0.1, 0.15) is 17.7 Å². The van der Waals surface area contributed by atoms with E-state index in [0.717, 1.165) is 20.9 Å². The molecule has 0 radical (unpaired) electrons. The maximum Gasteiger partial charge on any atom is 0.344 e. The lowest BCUT2D eigenvalue weighted by Gasteiger charge is -2.38. The van der Waals surface area contributed by atoms with Crippen LogP contribution in [-0.4, -0.2) is 36.8 Å². The fourth-order valence-electron chi connectivity index (χ4n) is 2.76. The van der Waals surface area contributed by atoms with Crippen molar-refractivity contribution in [1.29, 1.82) is 0 Å². The molecule has 1 fully saturated rings. The minimum Gasteiger partial charge on any atom is -0.482 e. The third-order valence-electron chi connectivity index (χ3n) is 4.10. The quantitative estimate of drug-likeness (QED) is 0.641. The Labute approximate surface area is 154 Å². The van der Waals surface area contributed by atoms with Gasteiger partial charge in [0, 0.05) is 0 Å². The number of anilines is 1. The Kier molecular flexibility index (Phi) is 4.46. The summed E-state index contributed by atoms with van der Waals surface area (Å²) in [6.07, 6.45) is -0.174. The lowest BCUT2D eigenvalue weighted by Crippen LogP contribution is -2.53. The van der Waals surface area contributed by atoms with E-state index in [0.29, 0.717) is 18.8 Å². The zero-order chi connectivity index (χ0) is 18.1. The molecule has 0 unspecified atom stereocenters. The van der Waals surface area contributed by atoms with Gasteiger partial charge in [-0.1, -0.05) is 23.5 Å². The Balaban J connectivity index is 1.27.